The molecule has 0 saturated heterocycles. The first kappa shape index (κ1) is 20.8. The largest absolute Gasteiger partial charge is 0.494 e. The number of nitrogens with zero attached hydrogens (tertiary/aromatic N) is 1. The molecule has 0 aliphatic heterocycles. The standard InChI is InChI=1S/C21H21FN2O4S/c1-12-3-5-14-15(10-23)21(29-18(14)7-12)24-19(25)11-28-20(26)9-13-4-6-17(27-2)16(22)8-13/h4,6,8,12H,3,5,7,9,11H2,1-2H3,(H,24,25)/t12-/m1/s1. The first-order chi connectivity index (χ1) is 13.9. The van der Waals surface area contributed by atoms with Gasteiger partial charge in [-0.15, -0.1) is 11.3 Å². The highest BCUT2D eigenvalue weighted by atomic mass is 32.1. The number of esters is 1. The zero-order chi connectivity index (χ0) is 21.0. The van der Waals surface area contributed by atoms with Gasteiger partial charge in [0.1, 0.15) is 11.1 Å². The Balaban J connectivity index is 1.56. The van der Waals surface area contributed by atoms with Crippen LogP contribution in [0.15, 0.2) is 18.2 Å². The smallest absolute Gasteiger partial charge is 0.310 e. The predicted octanol–water partition coefficient (Wildman–Crippen LogP) is 3.62. The van der Waals surface area contributed by atoms with Crippen LogP contribution in [0.2, 0.25) is 0 Å². The third-order valence-electron chi connectivity index (χ3n) is 4.81. The molecule has 3 rings (SSSR count). The van der Waals surface area contributed by atoms with Crippen molar-refractivity contribution in [2.75, 3.05) is 19.0 Å². The predicted molar refractivity (Wildman–Crippen MR) is 106 cm³/mol. The van der Waals surface area contributed by atoms with Crippen molar-refractivity contribution in [3.63, 3.8) is 0 Å². The van der Waals surface area contributed by atoms with E-state index in [1.807, 2.05) is 0 Å². The molecular weight excluding hydrogens is 395 g/mol. The van der Waals surface area contributed by atoms with Gasteiger partial charge in [0.05, 0.1) is 19.1 Å². The summed E-state index contributed by atoms with van der Waals surface area (Å²) in [6.45, 7) is 1.70. The van der Waals surface area contributed by atoms with Crippen LogP contribution in [0.25, 0.3) is 0 Å². The minimum Gasteiger partial charge on any atom is -0.494 e. The van der Waals surface area contributed by atoms with Crippen LogP contribution >= 0.6 is 11.3 Å². The summed E-state index contributed by atoms with van der Waals surface area (Å²) in [4.78, 5) is 25.3. The fourth-order valence-corrected chi connectivity index (χ4v) is 4.68. The molecule has 152 valence electrons. The van der Waals surface area contributed by atoms with E-state index in [9.17, 15) is 19.2 Å². The molecule has 0 spiro atoms. The topological polar surface area (TPSA) is 88.4 Å². The summed E-state index contributed by atoms with van der Waals surface area (Å²) >= 11 is 1.41. The maximum Gasteiger partial charge on any atom is 0.310 e. The van der Waals surface area contributed by atoms with Crippen LogP contribution in [-0.4, -0.2) is 25.6 Å². The van der Waals surface area contributed by atoms with Gasteiger partial charge in [0.15, 0.2) is 18.2 Å². The Morgan fingerprint density at radius 3 is 2.90 bits per heavy atom. The number of hydrogen-bond acceptors (Lipinski definition) is 6. The molecule has 0 saturated carbocycles. The lowest BCUT2D eigenvalue weighted by atomic mass is 9.89. The summed E-state index contributed by atoms with van der Waals surface area (Å²) in [7, 11) is 1.35. The molecule has 2 aromatic rings. The number of benzene rings is 1. The van der Waals surface area contributed by atoms with Crippen LogP contribution in [-0.2, 0) is 33.6 Å². The molecule has 6 nitrogen and oxygen atoms in total. The van der Waals surface area contributed by atoms with Crippen molar-refractivity contribution in [3.05, 3.63) is 45.6 Å². The lowest BCUT2D eigenvalue weighted by Gasteiger charge is -2.17. The summed E-state index contributed by atoms with van der Waals surface area (Å²) in [5.41, 5.74) is 1.94. The summed E-state index contributed by atoms with van der Waals surface area (Å²) in [5.74, 6) is -1.09. The van der Waals surface area contributed by atoms with Gasteiger partial charge in [0, 0.05) is 4.88 Å². The fraction of sp³-hybridized carbons (Fsp3) is 0.381. The van der Waals surface area contributed by atoms with Gasteiger partial charge in [0.25, 0.3) is 5.91 Å². The van der Waals surface area contributed by atoms with Crippen LogP contribution in [0, 0.1) is 23.1 Å². The molecule has 0 bridgehead atoms. The van der Waals surface area contributed by atoms with E-state index in [0.717, 1.165) is 29.7 Å². The van der Waals surface area contributed by atoms with E-state index in [-0.39, 0.29) is 12.2 Å². The third kappa shape index (κ3) is 4.93. The van der Waals surface area contributed by atoms with E-state index >= 15 is 0 Å². The van der Waals surface area contributed by atoms with Gasteiger partial charge in [-0.2, -0.15) is 5.26 Å². The number of hydrogen-bond donors (Lipinski definition) is 1. The Morgan fingerprint density at radius 1 is 1.41 bits per heavy atom. The highest BCUT2D eigenvalue weighted by molar-refractivity contribution is 7.16. The number of rotatable bonds is 6. The van der Waals surface area contributed by atoms with Gasteiger partial charge in [-0.25, -0.2) is 4.39 Å². The summed E-state index contributed by atoms with van der Waals surface area (Å²) in [6, 6.07) is 6.35. The number of nitrogens with one attached hydrogen (secondary N) is 1. The molecule has 1 amide bonds. The van der Waals surface area contributed by atoms with Gasteiger partial charge in [-0.05, 0) is 48.4 Å². The number of carbonyl (C=O) groups is 2. The molecule has 0 radical (unpaired) electrons. The summed E-state index contributed by atoms with van der Waals surface area (Å²) in [5, 5.41) is 12.6. The second-order valence-electron chi connectivity index (χ2n) is 7.02. The number of thiophene rings is 1. The lowest BCUT2D eigenvalue weighted by Crippen LogP contribution is -2.21. The normalized spacial score (nSPS) is 15.2. The quantitative estimate of drug-likeness (QED) is 0.727. The van der Waals surface area contributed by atoms with Crippen LogP contribution < -0.4 is 10.1 Å². The van der Waals surface area contributed by atoms with E-state index in [2.05, 4.69) is 18.3 Å². The Morgan fingerprint density at radius 2 is 2.21 bits per heavy atom. The molecule has 1 atom stereocenters. The van der Waals surface area contributed by atoms with Crippen LogP contribution in [0.4, 0.5) is 9.39 Å². The Kier molecular flexibility index (Phi) is 6.49. The number of carbonyl (C=O) groups excluding carboxylic acids is 2. The molecule has 0 fully saturated rings. The minimum absolute atomic E-state index is 0.0860. The molecule has 1 N–H and O–H groups in total. The molecule has 8 heteroatoms. The zero-order valence-electron chi connectivity index (χ0n) is 16.2. The van der Waals surface area contributed by atoms with Crippen LogP contribution in [0.5, 0.6) is 5.75 Å². The second kappa shape index (κ2) is 9.05. The van der Waals surface area contributed by atoms with E-state index in [4.69, 9.17) is 9.47 Å². The summed E-state index contributed by atoms with van der Waals surface area (Å²) in [6.07, 6.45) is 2.59. The Hall–Kier alpha value is -2.92. The Bertz CT molecular complexity index is 980. The van der Waals surface area contributed by atoms with Gasteiger partial charge in [-0.1, -0.05) is 13.0 Å². The van der Waals surface area contributed by atoms with Gasteiger partial charge < -0.3 is 14.8 Å². The number of amides is 1. The molecular formula is C21H21FN2O4S. The van der Waals surface area contributed by atoms with E-state index in [1.54, 1.807) is 6.07 Å². The summed E-state index contributed by atoms with van der Waals surface area (Å²) < 4.78 is 23.5. The molecule has 1 aromatic carbocycles. The number of halogens is 1. The molecule has 1 aliphatic carbocycles. The monoisotopic (exact) mass is 416 g/mol. The molecule has 1 aromatic heterocycles. The average Bonchev–Trinajstić information content (AvgIpc) is 3.02. The molecule has 0 unspecified atom stereocenters. The SMILES string of the molecule is COc1ccc(CC(=O)OCC(=O)Nc2sc3c(c2C#N)CC[C@@H](C)C3)cc1F. The van der Waals surface area contributed by atoms with Crippen LogP contribution in [0.3, 0.4) is 0 Å². The van der Waals surface area contributed by atoms with E-state index in [1.165, 1.54) is 30.6 Å². The third-order valence-corrected chi connectivity index (χ3v) is 5.98. The van der Waals surface area contributed by atoms with Crippen molar-refractivity contribution in [2.45, 2.75) is 32.6 Å². The number of ether oxygens (including phenoxy) is 2. The molecule has 29 heavy (non-hydrogen) atoms. The van der Waals surface area contributed by atoms with Gasteiger partial charge in [0.2, 0.25) is 0 Å². The van der Waals surface area contributed by atoms with Crippen molar-refractivity contribution in [1.29, 1.82) is 5.26 Å². The van der Waals surface area contributed by atoms with Crippen molar-refractivity contribution in [1.82, 2.24) is 0 Å². The molecule has 1 heterocycles. The zero-order valence-corrected chi connectivity index (χ0v) is 17.0. The lowest BCUT2D eigenvalue weighted by molar-refractivity contribution is -0.146. The van der Waals surface area contributed by atoms with Gasteiger partial charge in [-0.3, -0.25) is 9.59 Å². The fourth-order valence-electron chi connectivity index (χ4n) is 3.30. The van der Waals surface area contributed by atoms with Gasteiger partial charge >= 0.3 is 5.97 Å². The number of anilines is 1. The minimum atomic E-state index is -0.649. The first-order valence-corrected chi connectivity index (χ1v) is 10.1. The van der Waals surface area contributed by atoms with E-state index in [0.29, 0.717) is 22.0 Å². The number of fused-ring (bicyclic) bond motifs is 1. The van der Waals surface area contributed by atoms with Crippen molar-refractivity contribution in [3.8, 4) is 11.8 Å². The van der Waals surface area contributed by atoms with Crippen molar-refractivity contribution in [2.24, 2.45) is 5.92 Å². The second-order valence-corrected chi connectivity index (χ2v) is 8.13. The van der Waals surface area contributed by atoms with Crippen LogP contribution in [0.1, 0.15) is 34.9 Å². The number of methoxy groups -OCH3 is 1. The highest BCUT2D eigenvalue weighted by Gasteiger charge is 2.24. The Labute approximate surface area is 172 Å². The average molecular weight is 416 g/mol. The highest BCUT2D eigenvalue weighted by Crippen LogP contribution is 2.39. The number of nitriles is 1. The first-order valence-electron chi connectivity index (χ1n) is 9.23. The van der Waals surface area contributed by atoms with Crippen molar-refractivity contribution >= 4 is 28.2 Å². The van der Waals surface area contributed by atoms with E-state index < -0.39 is 24.3 Å². The maximum absolute atomic E-state index is 13.7. The maximum atomic E-state index is 13.7. The van der Waals surface area contributed by atoms with Crippen molar-refractivity contribution < 1.29 is 23.5 Å². The molecule has 1 aliphatic rings.